The van der Waals surface area contributed by atoms with Gasteiger partial charge in [-0.05, 0) is 19.5 Å². The largest absolute Gasteiger partial charge is 0.444 e. The Morgan fingerprint density at radius 1 is 1.52 bits per heavy atom. The Balaban J connectivity index is 2.26. The number of thioether (sulfide) groups is 1. The molecule has 120 valence electrons. The number of nitrogens with one attached hydrogen (secondary N) is 2. The van der Waals surface area contributed by atoms with E-state index >= 15 is 0 Å². The maximum Gasteiger partial charge on any atom is 0.231 e. The van der Waals surface area contributed by atoms with Crippen molar-refractivity contribution in [2.24, 2.45) is 0 Å². The summed E-state index contributed by atoms with van der Waals surface area (Å²) in [6, 6.07) is 2.03. The highest BCUT2D eigenvalue weighted by molar-refractivity contribution is 7.98. The highest BCUT2D eigenvalue weighted by Gasteiger charge is 2.12. The highest BCUT2D eigenvalue weighted by Crippen LogP contribution is 2.24. The Hall–Kier alpha value is -1.25. The second-order valence-electron chi connectivity index (χ2n) is 4.95. The van der Waals surface area contributed by atoms with Crippen LogP contribution in [0, 0.1) is 17.0 Å². The summed E-state index contributed by atoms with van der Waals surface area (Å²) in [4.78, 5) is 12.1. The fraction of sp³-hybridized carbons (Fsp3) is 0.692. The first-order valence-electron chi connectivity index (χ1n) is 6.81. The van der Waals surface area contributed by atoms with Crippen LogP contribution in [0.2, 0.25) is 0 Å². The number of rotatable bonds is 10. The summed E-state index contributed by atoms with van der Waals surface area (Å²) in [6.45, 7) is 2.63. The number of nitro groups is 1. The minimum atomic E-state index is -0.323. The third-order valence-electron chi connectivity index (χ3n) is 3.00. The molecule has 0 saturated carbocycles. The van der Waals surface area contributed by atoms with Gasteiger partial charge in [0.05, 0.1) is 5.75 Å². The highest BCUT2D eigenvalue weighted by atomic mass is 32.2. The first kappa shape index (κ1) is 17.8. The van der Waals surface area contributed by atoms with E-state index in [2.05, 4.69) is 10.6 Å². The van der Waals surface area contributed by atoms with Crippen LogP contribution in [0.15, 0.2) is 10.5 Å². The molecule has 8 heteroatoms. The molecule has 0 aliphatic rings. The van der Waals surface area contributed by atoms with Gasteiger partial charge in [-0.3, -0.25) is 20.7 Å². The van der Waals surface area contributed by atoms with Crippen LogP contribution in [0.1, 0.15) is 11.3 Å². The fourth-order valence-electron chi connectivity index (χ4n) is 1.74. The topological polar surface area (TPSA) is 83.6 Å². The Morgan fingerprint density at radius 2 is 2.24 bits per heavy atom. The van der Waals surface area contributed by atoms with E-state index in [0.29, 0.717) is 6.54 Å². The zero-order valence-corrected chi connectivity index (χ0v) is 13.8. The number of aryl methyl sites for hydroxylation is 1. The maximum atomic E-state index is 10.4. The van der Waals surface area contributed by atoms with Gasteiger partial charge in [-0.25, -0.2) is 0 Å². The normalized spacial score (nSPS) is 12.4. The summed E-state index contributed by atoms with van der Waals surface area (Å²) in [7, 11) is 5.61. The lowest BCUT2D eigenvalue weighted by molar-refractivity contribution is -0.484. The maximum absolute atomic E-state index is 10.4. The summed E-state index contributed by atoms with van der Waals surface area (Å²) in [5, 5.41) is 16.4. The monoisotopic (exact) mass is 316 g/mol. The third-order valence-corrected chi connectivity index (χ3v) is 3.96. The summed E-state index contributed by atoms with van der Waals surface area (Å²) < 4.78 is 5.76. The summed E-state index contributed by atoms with van der Waals surface area (Å²) in [5.41, 5.74) is 1.15. The molecule has 0 aliphatic heterocycles. The van der Waals surface area contributed by atoms with Crippen molar-refractivity contribution >= 4 is 17.6 Å². The molecule has 1 unspecified atom stereocenters. The van der Waals surface area contributed by atoms with Crippen LogP contribution in [0.3, 0.4) is 0 Å². The van der Waals surface area contributed by atoms with Gasteiger partial charge in [0, 0.05) is 37.4 Å². The van der Waals surface area contributed by atoms with Gasteiger partial charge in [0.15, 0.2) is 5.88 Å². The minimum absolute atomic E-state index is 0.120. The summed E-state index contributed by atoms with van der Waals surface area (Å²) in [6.07, 6.45) is -0.286. The van der Waals surface area contributed by atoms with Crippen molar-refractivity contribution in [3.8, 4) is 0 Å². The zero-order chi connectivity index (χ0) is 15.8. The van der Waals surface area contributed by atoms with Crippen LogP contribution in [0.25, 0.3) is 0 Å². The average molecular weight is 316 g/mol. The zero-order valence-electron chi connectivity index (χ0n) is 13.0. The second kappa shape index (κ2) is 8.91. The molecule has 0 radical (unpaired) electrons. The number of hydrogen-bond acceptors (Lipinski definition) is 7. The van der Waals surface area contributed by atoms with Crippen molar-refractivity contribution in [2.45, 2.75) is 18.8 Å². The Bertz CT molecular complexity index is 451. The van der Waals surface area contributed by atoms with Gasteiger partial charge >= 0.3 is 0 Å². The predicted octanol–water partition coefficient (Wildman–Crippen LogP) is 1.30. The fourth-order valence-corrected chi connectivity index (χ4v) is 2.62. The average Bonchev–Trinajstić information content (AvgIpc) is 2.78. The number of likely N-dealkylation sites (N-methyl/N-ethyl adjacent to an activating group) is 1. The van der Waals surface area contributed by atoms with Gasteiger partial charge in [0.2, 0.25) is 6.54 Å². The molecule has 1 atom stereocenters. The van der Waals surface area contributed by atoms with E-state index < -0.39 is 0 Å². The number of hydrogen-bond donors (Lipinski definition) is 2. The first-order chi connectivity index (χ1) is 9.93. The van der Waals surface area contributed by atoms with Crippen molar-refractivity contribution in [3.05, 3.63) is 27.5 Å². The molecule has 0 spiro atoms. The molecular formula is C13H24N4O3S. The SMILES string of the molecule is CNC(C[N+](=O)[O-])NCCSCc1oc(N(C)C)cc1C. The molecule has 21 heavy (non-hydrogen) atoms. The Kier molecular flexibility index (Phi) is 7.55. The van der Waals surface area contributed by atoms with Gasteiger partial charge in [0.1, 0.15) is 11.9 Å². The van der Waals surface area contributed by atoms with E-state index in [9.17, 15) is 10.1 Å². The van der Waals surface area contributed by atoms with Crippen molar-refractivity contribution in [1.29, 1.82) is 0 Å². The lowest BCUT2D eigenvalue weighted by Gasteiger charge is -2.13. The molecule has 0 fully saturated rings. The van der Waals surface area contributed by atoms with Crippen LogP contribution >= 0.6 is 11.8 Å². The van der Waals surface area contributed by atoms with Gasteiger partial charge in [0.25, 0.3) is 0 Å². The van der Waals surface area contributed by atoms with E-state index in [1.54, 1.807) is 18.8 Å². The van der Waals surface area contributed by atoms with Crippen molar-refractivity contribution in [1.82, 2.24) is 10.6 Å². The van der Waals surface area contributed by atoms with Crippen molar-refractivity contribution in [2.75, 3.05) is 44.9 Å². The number of furan rings is 1. The number of anilines is 1. The van der Waals surface area contributed by atoms with E-state index in [1.165, 1.54) is 0 Å². The van der Waals surface area contributed by atoms with Gasteiger partial charge < -0.3 is 9.32 Å². The van der Waals surface area contributed by atoms with Gasteiger partial charge in [-0.1, -0.05) is 0 Å². The van der Waals surface area contributed by atoms with E-state index in [4.69, 9.17) is 4.42 Å². The molecule has 1 rings (SSSR count). The molecule has 1 aromatic heterocycles. The van der Waals surface area contributed by atoms with Crippen LogP contribution in [0.4, 0.5) is 5.88 Å². The molecule has 0 aliphatic carbocycles. The molecule has 0 aromatic carbocycles. The van der Waals surface area contributed by atoms with Gasteiger partial charge in [-0.15, -0.1) is 0 Å². The van der Waals surface area contributed by atoms with Crippen LogP contribution in [0.5, 0.6) is 0 Å². The molecular weight excluding hydrogens is 292 g/mol. The summed E-state index contributed by atoms with van der Waals surface area (Å²) in [5.74, 6) is 3.52. The molecule has 1 heterocycles. The van der Waals surface area contributed by atoms with E-state index in [0.717, 1.165) is 28.7 Å². The Morgan fingerprint density at radius 3 is 2.76 bits per heavy atom. The quantitative estimate of drug-likeness (QED) is 0.291. The van der Waals surface area contributed by atoms with Crippen molar-refractivity contribution < 1.29 is 9.34 Å². The second-order valence-corrected chi connectivity index (χ2v) is 6.05. The van der Waals surface area contributed by atoms with E-state index in [-0.39, 0.29) is 17.6 Å². The lowest BCUT2D eigenvalue weighted by atomic mass is 10.3. The predicted molar refractivity (Wildman–Crippen MR) is 86.6 cm³/mol. The minimum Gasteiger partial charge on any atom is -0.444 e. The number of nitrogens with zero attached hydrogens (tertiary/aromatic N) is 2. The Labute approximate surface area is 129 Å². The first-order valence-corrected chi connectivity index (χ1v) is 7.96. The third kappa shape index (κ3) is 6.36. The van der Waals surface area contributed by atoms with E-state index in [1.807, 2.05) is 32.0 Å². The molecule has 0 amide bonds. The van der Waals surface area contributed by atoms with Crippen LogP contribution in [-0.2, 0) is 5.75 Å². The van der Waals surface area contributed by atoms with Gasteiger partial charge in [-0.2, -0.15) is 11.8 Å². The molecule has 0 saturated heterocycles. The molecule has 2 N–H and O–H groups in total. The molecule has 7 nitrogen and oxygen atoms in total. The van der Waals surface area contributed by atoms with Crippen LogP contribution in [-0.4, -0.2) is 51.1 Å². The smallest absolute Gasteiger partial charge is 0.231 e. The summed E-state index contributed by atoms with van der Waals surface area (Å²) >= 11 is 1.74. The molecule has 0 bridgehead atoms. The lowest BCUT2D eigenvalue weighted by Crippen LogP contribution is -2.46. The van der Waals surface area contributed by atoms with Crippen LogP contribution < -0.4 is 15.5 Å². The standard InChI is InChI=1S/C13H24N4O3S/c1-10-7-13(16(3)4)20-11(10)9-21-6-5-15-12(14-2)8-17(18)19/h7,12,14-15H,5-6,8-9H2,1-4H3. The van der Waals surface area contributed by atoms with Crippen molar-refractivity contribution in [3.63, 3.8) is 0 Å². The molecule has 1 aromatic rings.